The van der Waals surface area contributed by atoms with Crippen molar-refractivity contribution in [2.45, 2.75) is 38.9 Å². The molecule has 1 saturated heterocycles. The van der Waals surface area contributed by atoms with E-state index in [0.717, 1.165) is 116 Å². The molecule has 7 heterocycles. The Morgan fingerprint density at radius 2 is 0.594 bits per heavy atom. The van der Waals surface area contributed by atoms with Crippen LogP contribution in [0.3, 0.4) is 0 Å². The van der Waals surface area contributed by atoms with Crippen molar-refractivity contribution in [2.75, 3.05) is 0 Å². The standard InChI is InChI=1S/C44H28N4.C25H23BN2O2.C25H17BrN2/c1-2-10-34(11-3-1)47-41-16-8-5-13-38(41)45-43(47)32-24-22-30(23-25-32)29-18-20-31(21-19-29)33-26-27-35-36-12-4-7-15-40(36)48-42-17-9-6-14-39(42)46-44(48)37(35)28-33;1-24(2)25(3,4)30-26(29-24)16-13-14-17-18-9-5-7-11-21(18)28-22-12-8-6-10-20(22)27-23(28)19(17)15-16;26-21-16-14-19(15-17-21)18-10-12-20(13-11-18)25-27-23-8-4-5-9-24(23)28(25)22-6-2-1-3-7-22/h1-28H;5-15H,1-4H3;1-17H. The average molecular weight is 1430 g/mol. The number of aromatic nitrogens is 8. The van der Waals surface area contributed by atoms with Crippen molar-refractivity contribution < 1.29 is 9.31 Å². The maximum absolute atomic E-state index is 6.31. The van der Waals surface area contributed by atoms with E-state index in [1.54, 1.807) is 0 Å². The Morgan fingerprint density at radius 3 is 1.03 bits per heavy atom. The van der Waals surface area contributed by atoms with Crippen LogP contribution in [0.25, 0.3) is 166 Å². The highest BCUT2D eigenvalue weighted by molar-refractivity contribution is 9.10. The van der Waals surface area contributed by atoms with Crippen molar-refractivity contribution in [3.63, 3.8) is 0 Å². The van der Waals surface area contributed by atoms with Gasteiger partial charge in [-0.3, -0.25) is 17.9 Å². The Bertz CT molecular complexity index is 6750. The summed E-state index contributed by atoms with van der Waals surface area (Å²) in [5, 5.41) is 7.11. The monoisotopic (exact) mass is 1430 g/mol. The van der Waals surface area contributed by atoms with Gasteiger partial charge in [0.05, 0.1) is 66.4 Å². The molecule has 1 aliphatic rings. The number of imidazole rings is 4. The zero-order chi connectivity index (χ0) is 71.2. The zero-order valence-corrected chi connectivity index (χ0v) is 60.3. The van der Waals surface area contributed by atoms with E-state index in [0.29, 0.717) is 0 Å². The van der Waals surface area contributed by atoms with Gasteiger partial charge in [-0.2, -0.15) is 0 Å². The first-order valence-corrected chi connectivity index (χ1v) is 36.7. The van der Waals surface area contributed by atoms with Gasteiger partial charge in [0.2, 0.25) is 0 Å². The third kappa shape index (κ3) is 11.2. The lowest BCUT2D eigenvalue weighted by Crippen LogP contribution is -2.41. The Morgan fingerprint density at radius 1 is 0.274 bits per heavy atom. The van der Waals surface area contributed by atoms with Crippen LogP contribution in [0, 0.1) is 0 Å². The number of hydrogen-bond donors (Lipinski definition) is 0. The van der Waals surface area contributed by atoms with Crippen LogP contribution in [0.1, 0.15) is 27.7 Å². The van der Waals surface area contributed by atoms with Gasteiger partial charge in [-0.1, -0.05) is 253 Å². The molecule has 0 bridgehead atoms. The first-order chi connectivity index (χ1) is 51.9. The van der Waals surface area contributed by atoms with Gasteiger partial charge in [0.15, 0.2) is 0 Å². The molecular formula is C94H68BBrN8O2. The molecule has 21 rings (SSSR count). The predicted octanol–water partition coefficient (Wildman–Crippen LogP) is 23.3. The van der Waals surface area contributed by atoms with Crippen LogP contribution in [-0.4, -0.2) is 56.2 Å². The minimum atomic E-state index is -0.393. The van der Waals surface area contributed by atoms with Crippen molar-refractivity contribution in [1.29, 1.82) is 0 Å². The smallest absolute Gasteiger partial charge is 0.399 e. The third-order valence-corrected chi connectivity index (χ3v) is 21.8. The summed E-state index contributed by atoms with van der Waals surface area (Å²) in [5.41, 5.74) is 24.5. The molecule has 6 aromatic heterocycles. The molecule has 0 amide bonds. The van der Waals surface area contributed by atoms with Gasteiger partial charge in [-0.05, 0) is 180 Å². The molecule has 0 unspecified atom stereocenters. The molecule has 10 nitrogen and oxygen atoms in total. The Kier molecular flexibility index (Phi) is 15.8. The lowest BCUT2D eigenvalue weighted by Gasteiger charge is -2.32. The van der Waals surface area contributed by atoms with Gasteiger partial charge in [-0.25, -0.2) is 19.9 Å². The van der Waals surface area contributed by atoms with Crippen LogP contribution in [0.5, 0.6) is 0 Å². The fourth-order valence-electron chi connectivity index (χ4n) is 15.2. The fourth-order valence-corrected chi connectivity index (χ4v) is 15.4. The van der Waals surface area contributed by atoms with E-state index in [1.165, 1.54) is 60.4 Å². The topological polar surface area (TPSA) is 88.7 Å². The zero-order valence-electron chi connectivity index (χ0n) is 58.7. The molecule has 1 fully saturated rings. The molecule has 14 aromatic carbocycles. The Hall–Kier alpha value is -12.6. The second-order valence-electron chi connectivity index (χ2n) is 28.1. The second kappa shape index (κ2) is 26.0. The van der Waals surface area contributed by atoms with Gasteiger partial charge < -0.3 is 9.31 Å². The maximum atomic E-state index is 6.31. The molecule has 106 heavy (non-hydrogen) atoms. The second-order valence-corrected chi connectivity index (χ2v) is 29.1. The molecule has 0 saturated carbocycles. The maximum Gasteiger partial charge on any atom is 0.494 e. The first kappa shape index (κ1) is 64.3. The molecule has 0 N–H and O–H groups in total. The van der Waals surface area contributed by atoms with Gasteiger partial charge in [-0.15, -0.1) is 0 Å². The number of para-hydroxylation sites is 12. The van der Waals surface area contributed by atoms with E-state index in [2.05, 4.69) is 371 Å². The molecule has 506 valence electrons. The third-order valence-electron chi connectivity index (χ3n) is 21.2. The average Bonchev–Trinajstić information content (AvgIpc) is 1.52. The van der Waals surface area contributed by atoms with Crippen LogP contribution in [-0.2, 0) is 9.31 Å². The van der Waals surface area contributed by atoms with Crippen molar-refractivity contribution >= 4 is 127 Å². The SMILES string of the molecule is Brc1ccc(-c2ccc(-c3nc4ccccc4n3-c3ccccc3)cc2)cc1.CC1(C)OB(c2ccc3c4ccccc4n4c5ccccc5nc4c3c2)OC1(C)C.c1ccc(-n2c(-c3ccc(-c4ccc(-c5ccc6c7ccccc7n7c8ccccc8nc7c6c5)cc4)cc3)nc3ccccc32)cc1. The molecule has 0 aliphatic carbocycles. The summed E-state index contributed by atoms with van der Waals surface area (Å²) < 4.78 is 22.7. The summed E-state index contributed by atoms with van der Waals surface area (Å²) in [7, 11) is -0.393. The van der Waals surface area contributed by atoms with Crippen LogP contribution in [0.4, 0.5) is 0 Å². The lowest BCUT2D eigenvalue weighted by molar-refractivity contribution is 0.00578. The molecule has 12 heteroatoms. The molecular weight excluding hydrogens is 1360 g/mol. The molecule has 0 radical (unpaired) electrons. The van der Waals surface area contributed by atoms with E-state index in [1.807, 2.05) is 30.3 Å². The number of pyridine rings is 2. The fraction of sp³-hybridized carbons (Fsp3) is 0.0638. The highest BCUT2D eigenvalue weighted by atomic mass is 79.9. The highest BCUT2D eigenvalue weighted by Crippen LogP contribution is 2.41. The van der Waals surface area contributed by atoms with Crippen molar-refractivity contribution in [1.82, 2.24) is 37.9 Å². The number of halogens is 1. The molecule has 0 spiro atoms. The van der Waals surface area contributed by atoms with Gasteiger partial charge in [0.1, 0.15) is 22.9 Å². The van der Waals surface area contributed by atoms with E-state index in [4.69, 9.17) is 29.2 Å². The van der Waals surface area contributed by atoms with Gasteiger partial charge in [0, 0.05) is 48.5 Å². The Balaban J connectivity index is 0.000000115. The van der Waals surface area contributed by atoms with E-state index < -0.39 is 7.12 Å². The van der Waals surface area contributed by atoms with E-state index in [-0.39, 0.29) is 11.2 Å². The van der Waals surface area contributed by atoms with Gasteiger partial charge in [0.25, 0.3) is 0 Å². The molecule has 20 aromatic rings. The summed E-state index contributed by atoms with van der Waals surface area (Å²) >= 11 is 3.50. The van der Waals surface area contributed by atoms with Gasteiger partial charge >= 0.3 is 7.12 Å². The first-order valence-electron chi connectivity index (χ1n) is 35.9. The molecule has 0 atom stereocenters. The number of hydrogen-bond acceptors (Lipinski definition) is 6. The number of rotatable bonds is 8. The predicted molar refractivity (Wildman–Crippen MR) is 442 cm³/mol. The number of benzene rings is 14. The van der Waals surface area contributed by atoms with Crippen molar-refractivity contribution in [3.05, 3.63) is 344 Å². The van der Waals surface area contributed by atoms with Crippen LogP contribution >= 0.6 is 15.9 Å². The minimum Gasteiger partial charge on any atom is -0.399 e. The normalized spacial score (nSPS) is 13.4. The summed E-state index contributed by atoms with van der Waals surface area (Å²) in [6, 6.07) is 119. The highest BCUT2D eigenvalue weighted by Gasteiger charge is 2.51. The van der Waals surface area contributed by atoms with Crippen LogP contribution in [0.2, 0.25) is 0 Å². The van der Waals surface area contributed by atoms with E-state index in [9.17, 15) is 0 Å². The van der Waals surface area contributed by atoms with Crippen molar-refractivity contribution in [3.8, 4) is 67.5 Å². The van der Waals surface area contributed by atoms with E-state index >= 15 is 0 Å². The summed E-state index contributed by atoms with van der Waals surface area (Å²) in [6.07, 6.45) is 0. The summed E-state index contributed by atoms with van der Waals surface area (Å²) in [4.78, 5) is 20.1. The van der Waals surface area contributed by atoms with Crippen molar-refractivity contribution in [2.24, 2.45) is 0 Å². The van der Waals surface area contributed by atoms with Crippen LogP contribution < -0.4 is 5.46 Å². The number of fused-ring (bicyclic) bond motifs is 18. The minimum absolute atomic E-state index is 0.368. The summed E-state index contributed by atoms with van der Waals surface area (Å²) in [6.45, 7) is 8.34. The molecule has 1 aliphatic heterocycles. The lowest BCUT2D eigenvalue weighted by atomic mass is 9.78. The van der Waals surface area contributed by atoms with Crippen LogP contribution in [0.15, 0.2) is 344 Å². The Labute approximate surface area is 621 Å². The number of nitrogens with zero attached hydrogens (tertiary/aromatic N) is 8. The summed E-state index contributed by atoms with van der Waals surface area (Å²) in [5.74, 6) is 1.89. The quantitative estimate of drug-likeness (QED) is 0.111. The largest absolute Gasteiger partial charge is 0.494 e.